The average Bonchev–Trinajstić information content (AvgIpc) is 3.22. The van der Waals surface area contributed by atoms with Gasteiger partial charge in [-0.05, 0) is 31.2 Å². The number of ether oxygens (including phenoxy) is 3. The Morgan fingerprint density at radius 3 is 3.09 bits per heavy atom. The quantitative estimate of drug-likeness (QED) is 0.847. The van der Waals surface area contributed by atoms with Gasteiger partial charge in [0.2, 0.25) is 5.88 Å². The summed E-state index contributed by atoms with van der Waals surface area (Å²) in [5.74, 6) is 1.28. The number of fused-ring (bicyclic) bond motifs is 1. The average molecular weight is 304 g/mol. The number of rotatable bonds is 4. The second-order valence-corrected chi connectivity index (χ2v) is 6.55. The second kappa shape index (κ2) is 6.52. The van der Waals surface area contributed by atoms with Crippen LogP contribution in [0.1, 0.15) is 19.3 Å². The molecule has 5 nitrogen and oxygen atoms in total. The summed E-state index contributed by atoms with van der Waals surface area (Å²) in [5.41, 5.74) is 0. The molecule has 0 N–H and O–H groups in total. The van der Waals surface area contributed by atoms with Gasteiger partial charge in [-0.25, -0.2) is 4.98 Å². The van der Waals surface area contributed by atoms with Gasteiger partial charge in [0.15, 0.2) is 0 Å². The molecule has 1 aromatic rings. The molecule has 3 aliphatic rings. The highest BCUT2D eigenvalue weighted by Crippen LogP contribution is 2.36. The van der Waals surface area contributed by atoms with Crippen LogP contribution in [0, 0.1) is 5.92 Å². The van der Waals surface area contributed by atoms with E-state index in [9.17, 15) is 0 Å². The first-order valence-electron chi connectivity index (χ1n) is 8.39. The molecule has 0 bridgehead atoms. The van der Waals surface area contributed by atoms with E-state index in [-0.39, 0.29) is 0 Å². The molecule has 1 aromatic heterocycles. The fraction of sp³-hybridized carbons (Fsp3) is 0.706. The Morgan fingerprint density at radius 2 is 2.27 bits per heavy atom. The van der Waals surface area contributed by atoms with Crippen molar-refractivity contribution < 1.29 is 14.2 Å². The Balaban J connectivity index is 1.35. The smallest absolute Gasteiger partial charge is 0.213 e. The van der Waals surface area contributed by atoms with Crippen LogP contribution in [0.15, 0.2) is 24.4 Å². The Morgan fingerprint density at radius 1 is 1.27 bits per heavy atom. The highest BCUT2D eigenvalue weighted by molar-refractivity contribution is 5.09. The van der Waals surface area contributed by atoms with Crippen molar-refractivity contribution >= 4 is 0 Å². The Bertz CT molecular complexity index is 478. The van der Waals surface area contributed by atoms with Crippen LogP contribution in [0.25, 0.3) is 0 Å². The monoisotopic (exact) mass is 304 g/mol. The molecule has 1 aliphatic carbocycles. The highest BCUT2D eigenvalue weighted by Gasteiger charge is 2.44. The number of aromatic nitrogens is 1. The molecule has 0 spiro atoms. The van der Waals surface area contributed by atoms with Crippen LogP contribution in [0.4, 0.5) is 0 Å². The third-order valence-corrected chi connectivity index (χ3v) is 5.16. The van der Waals surface area contributed by atoms with Crippen molar-refractivity contribution in [1.82, 2.24) is 9.88 Å². The molecular weight excluding hydrogens is 280 g/mol. The molecule has 2 saturated heterocycles. The van der Waals surface area contributed by atoms with Crippen LogP contribution < -0.4 is 4.74 Å². The minimum atomic E-state index is 0.367. The van der Waals surface area contributed by atoms with E-state index in [4.69, 9.17) is 14.2 Å². The summed E-state index contributed by atoms with van der Waals surface area (Å²) in [4.78, 5) is 6.87. The molecular formula is C17H24N2O3. The van der Waals surface area contributed by atoms with Crippen LogP contribution >= 0.6 is 0 Å². The van der Waals surface area contributed by atoms with Crippen molar-refractivity contribution in [3.8, 4) is 5.88 Å². The Hall–Kier alpha value is -1.17. The third kappa shape index (κ3) is 2.98. The van der Waals surface area contributed by atoms with Gasteiger partial charge in [-0.1, -0.05) is 6.07 Å². The van der Waals surface area contributed by atoms with Crippen molar-refractivity contribution in [3.05, 3.63) is 24.4 Å². The van der Waals surface area contributed by atoms with Crippen molar-refractivity contribution in [2.45, 2.75) is 37.5 Å². The van der Waals surface area contributed by atoms with Crippen LogP contribution in [0.3, 0.4) is 0 Å². The lowest BCUT2D eigenvalue weighted by atomic mass is 10.1. The second-order valence-electron chi connectivity index (χ2n) is 6.55. The molecule has 5 heteroatoms. The molecule has 0 amide bonds. The fourth-order valence-corrected chi connectivity index (χ4v) is 4.09. The zero-order valence-corrected chi connectivity index (χ0v) is 12.9. The van der Waals surface area contributed by atoms with E-state index >= 15 is 0 Å². The molecule has 1 saturated carbocycles. The first-order valence-corrected chi connectivity index (χ1v) is 8.39. The normalized spacial score (nSPS) is 35.5. The van der Waals surface area contributed by atoms with Crippen LogP contribution in [0.5, 0.6) is 5.88 Å². The molecule has 0 radical (unpaired) electrons. The van der Waals surface area contributed by atoms with Gasteiger partial charge >= 0.3 is 0 Å². The van der Waals surface area contributed by atoms with Crippen molar-refractivity contribution in [3.63, 3.8) is 0 Å². The van der Waals surface area contributed by atoms with Gasteiger partial charge in [0.25, 0.3) is 0 Å². The molecule has 120 valence electrons. The minimum absolute atomic E-state index is 0.367. The van der Waals surface area contributed by atoms with Gasteiger partial charge in [0, 0.05) is 37.5 Å². The Labute approximate surface area is 131 Å². The van der Waals surface area contributed by atoms with Gasteiger partial charge in [0.05, 0.1) is 25.9 Å². The number of pyridine rings is 1. The summed E-state index contributed by atoms with van der Waals surface area (Å²) in [6, 6.07) is 6.92. The molecule has 4 atom stereocenters. The summed E-state index contributed by atoms with van der Waals surface area (Å²) in [5, 5.41) is 0. The maximum absolute atomic E-state index is 6.02. The zero-order chi connectivity index (χ0) is 14.8. The van der Waals surface area contributed by atoms with Gasteiger partial charge < -0.3 is 14.2 Å². The van der Waals surface area contributed by atoms with Crippen molar-refractivity contribution in [2.24, 2.45) is 5.92 Å². The third-order valence-electron chi connectivity index (χ3n) is 5.16. The SMILES string of the molecule is c1ccc(OCC2CC3OCCN(C4CCOC4)C3C2)nc1. The van der Waals surface area contributed by atoms with E-state index in [0.717, 1.165) is 51.7 Å². The molecule has 0 aromatic carbocycles. The number of hydrogen-bond acceptors (Lipinski definition) is 5. The van der Waals surface area contributed by atoms with Gasteiger partial charge in [-0.15, -0.1) is 0 Å². The van der Waals surface area contributed by atoms with Crippen LogP contribution in [0.2, 0.25) is 0 Å². The molecule has 3 heterocycles. The zero-order valence-electron chi connectivity index (χ0n) is 12.9. The van der Waals surface area contributed by atoms with E-state index in [1.807, 2.05) is 18.2 Å². The number of hydrogen-bond donors (Lipinski definition) is 0. The Kier molecular flexibility index (Phi) is 4.28. The lowest BCUT2D eigenvalue weighted by Crippen LogP contribution is -2.53. The molecule has 3 fully saturated rings. The molecule has 4 unspecified atom stereocenters. The molecule has 4 rings (SSSR count). The maximum Gasteiger partial charge on any atom is 0.213 e. The summed E-state index contributed by atoms with van der Waals surface area (Å²) >= 11 is 0. The van der Waals surface area contributed by atoms with Gasteiger partial charge in [-0.2, -0.15) is 0 Å². The topological polar surface area (TPSA) is 43.8 Å². The first-order chi connectivity index (χ1) is 10.9. The summed E-state index contributed by atoms with van der Waals surface area (Å²) < 4.78 is 17.4. The van der Waals surface area contributed by atoms with Gasteiger partial charge in [0.1, 0.15) is 0 Å². The maximum atomic E-state index is 6.02. The minimum Gasteiger partial charge on any atom is -0.477 e. The standard InChI is InChI=1S/C17H24N2O3/c1-2-5-18-17(3-1)22-11-13-9-15-16(10-13)21-8-6-19(15)14-4-7-20-12-14/h1-3,5,13-16H,4,6-12H2. The van der Waals surface area contributed by atoms with Crippen molar-refractivity contribution in [2.75, 3.05) is 33.0 Å². The van der Waals surface area contributed by atoms with E-state index < -0.39 is 0 Å². The molecule has 2 aliphatic heterocycles. The summed E-state index contributed by atoms with van der Waals surface area (Å²) in [6.07, 6.45) is 5.56. The van der Waals surface area contributed by atoms with Crippen LogP contribution in [-0.4, -0.2) is 61.0 Å². The van der Waals surface area contributed by atoms with E-state index in [1.54, 1.807) is 6.20 Å². The van der Waals surface area contributed by atoms with E-state index in [0.29, 0.717) is 24.1 Å². The fourth-order valence-electron chi connectivity index (χ4n) is 4.09. The predicted octanol–water partition coefficient (Wildman–Crippen LogP) is 1.73. The number of morpholine rings is 1. The lowest BCUT2D eigenvalue weighted by Gasteiger charge is -2.40. The summed E-state index contributed by atoms with van der Waals surface area (Å²) in [7, 11) is 0. The van der Waals surface area contributed by atoms with Crippen LogP contribution in [-0.2, 0) is 9.47 Å². The van der Waals surface area contributed by atoms with E-state index in [1.165, 1.54) is 6.42 Å². The lowest BCUT2D eigenvalue weighted by molar-refractivity contribution is -0.0721. The predicted molar refractivity (Wildman–Crippen MR) is 81.9 cm³/mol. The summed E-state index contributed by atoms with van der Waals surface area (Å²) in [6.45, 7) is 4.43. The van der Waals surface area contributed by atoms with Crippen molar-refractivity contribution in [1.29, 1.82) is 0 Å². The molecule has 22 heavy (non-hydrogen) atoms. The first kappa shape index (κ1) is 14.4. The number of nitrogens with zero attached hydrogens (tertiary/aromatic N) is 2. The van der Waals surface area contributed by atoms with Gasteiger partial charge in [-0.3, -0.25) is 4.90 Å². The highest BCUT2D eigenvalue weighted by atomic mass is 16.5. The largest absolute Gasteiger partial charge is 0.477 e. The van der Waals surface area contributed by atoms with E-state index in [2.05, 4.69) is 9.88 Å².